The minimum atomic E-state index is -2.74. The molecule has 5 nitrogen and oxygen atoms in total. The van der Waals surface area contributed by atoms with E-state index in [2.05, 4.69) is 0 Å². The summed E-state index contributed by atoms with van der Waals surface area (Å²) in [5.74, 6) is 0. The lowest BCUT2D eigenvalue weighted by Gasteiger charge is -2.39. The molecule has 1 aliphatic rings. The largest absolute Gasteiger partial charge is 0.702 e. The highest BCUT2D eigenvalue weighted by Crippen LogP contribution is 2.58. The van der Waals surface area contributed by atoms with Crippen molar-refractivity contribution < 1.29 is 22.8 Å². The van der Waals surface area contributed by atoms with Gasteiger partial charge in [0.05, 0.1) is 12.7 Å². The van der Waals surface area contributed by atoms with Crippen molar-refractivity contribution in [3.05, 3.63) is 34.9 Å². The molecule has 1 fully saturated rings. The van der Waals surface area contributed by atoms with E-state index in [1.807, 2.05) is 26.0 Å². The van der Waals surface area contributed by atoms with E-state index in [1.165, 1.54) is 0 Å². The van der Waals surface area contributed by atoms with Crippen molar-refractivity contribution in [2.45, 2.75) is 20.0 Å². The summed E-state index contributed by atoms with van der Waals surface area (Å²) in [4.78, 5) is 8.75. The van der Waals surface area contributed by atoms with E-state index in [-0.39, 0.29) is 11.5 Å². The van der Waals surface area contributed by atoms with Gasteiger partial charge in [-0.1, -0.05) is 37.6 Å². The molecule has 1 aromatic rings. The van der Waals surface area contributed by atoms with Crippen molar-refractivity contribution >= 4 is 28.5 Å². The Bertz CT molecular complexity index is 465. The van der Waals surface area contributed by atoms with E-state index >= 15 is 0 Å². The summed E-state index contributed by atoms with van der Waals surface area (Å²) in [5, 5.41) is 0.644. The van der Waals surface area contributed by atoms with Gasteiger partial charge in [-0.3, -0.25) is 0 Å². The zero-order valence-corrected chi connectivity index (χ0v) is 13.0. The van der Waals surface area contributed by atoms with E-state index in [4.69, 9.17) is 29.9 Å². The van der Waals surface area contributed by atoms with Crippen LogP contribution in [-0.4, -0.2) is 11.5 Å². The fourth-order valence-corrected chi connectivity index (χ4v) is 3.81. The number of hydrogen-bond donors (Lipinski definition) is 1. The fourth-order valence-electron chi connectivity index (χ4n) is 1.80. The molecule has 1 heterocycles. The number of benzene rings is 1. The maximum atomic E-state index is 10.7. The molecule has 0 aliphatic carbocycles. The Morgan fingerprint density at radius 2 is 2.11 bits per heavy atom. The van der Waals surface area contributed by atoms with Crippen molar-refractivity contribution in [3.63, 3.8) is 0 Å². The van der Waals surface area contributed by atoms with Gasteiger partial charge in [0.1, 0.15) is 0 Å². The third-order valence-electron chi connectivity index (χ3n) is 2.75. The zero-order chi connectivity index (χ0) is 14.0. The third kappa shape index (κ3) is 3.93. The lowest BCUT2D eigenvalue weighted by atomic mass is 9.83. The molecule has 0 radical (unpaired) electrons. The lowest BCUT2D eigenvalue weighted by molar-refractivity contribution is -0.0256. The second kappa shape index (κ2) is 6.11. The molecule has 1 aliphatic heterocycles. The van der Waals surface area contributed by atoms with Crippen molar-refractivity contribution in [2.24, 2.45) is 5.41 Å². The molecular formula is C11H14ClO5P2+. The van der Waals surface area contributed by atoms with Gasteiger partial charge >= 0.3 is 16.9 Å². The number of hydrogen-bond acceptors (Lipinski definition) is 4. The minimum Gasteiger partial charge on any atom is -0.309 e. The summed E-state index contributed by atoms with van der Waals surface area (Å²) in [5.41, 5.74) is 0.666. The van der Waals surface area contributed by atoms with Crippen LogP contribution in [0, 0.1) is 5.41 Å². The van der Waals surface area contributed by atoms with Gasteiger partial charge in [0, 0.05) is 15.0 Å². The van der Waals surface area contributed by atoms with E-state index in [0.717, 1.165) is 5.56 Å². The van der Waals surface area contributed by atoms with Crippen LogP contribution in [0.15, 0.2) is 24.3 Å². The Morgan fingerprint density at radius 3 is 2.68 bits per heavy atom. The normalized spacial score (nSPS) is 27.1. The van der Waals surface area contributed by atoms with Gasteiger partial charge in [-0.05, 0) is 22.0 Å². The van der Waals surface area contributed by atoms with Crippen molar-refractivity contribution in [2.75, 3.05) is 6.61 Å². The first-order chi connectivity index (χ1) is 8.88. The van der Waals surface area contributed by atoms with Crippen LogP contribution in [0.4, 0.5) is 0 Å². The van der Waals surface area contributed by atoms with E-state index in [1.54, 1.807) is 12.1 Å². The van der Waals surface area contributed by atoms with Gasteiger partial charge in [0.15, 0.2) is 0 Å². The quantitative estimate of drug-likeness (QED) is 0.838. The maximum absolute atomic E-state index is 10.7. The molecule has 0 amide bonds. The smallest absolute Gasteiger partial charge is 0.309 e. The van der Waals surface area contributed by atoms with Crippen LogP contribution >= 0.6 is 28.5 Å². The predicted molar refractivity (Wildman–Crippen MR) is 72.8 cm³/mol. The Labute approximate surface area is 118 Å². The highest BCUT2D eigenvalue weighted by molar-refractivity contribution is 7.51. The first kappa shape index (κ1) is 15.3. The summed E-state index contributed by atoms with van der Waals surface area (Å²) in [6.45, 7) is 4.38. The van der Waals surface area contributed by atoms with Gasteiger partial charge in [-0.25, -0.2) is 0 Å². The first-order valence-corrected chi connectivity index (χ1v) is 8.18. The summed E-state index contributed by atoms with van der Waals surface area (Å²) in [7, 11) is -4.55. The molecule has 3 atom stereocenters. The van der Waals surface area contributed by atoms with Crippen LogP contribution in [0.5, 0.6) is 0 Å². The standard InChI is InChI=1S/C11H13ClO5P2/c1-11(2)7-15-19(17-18(13)14)16-10(11)8-3-5-9(12)6-4-8/h3-6,10H,7H2,1-2H3/p+1. The van der Waals surface area contributed by atoms with Crippen LogP contribution in [0.1, 0.15) is 25.5 Å². The van der Waals surface area contributed by atoms with Crippen molar-refractivity contribution in [1.29, 1.82) is 0 Å². The average molecular weight is 324 g/mol. The fraction of sp³-hybridized carbons (Fsp3) is 0.455. The Morgan fingerprint density at radius 1 is 1.47 bits per heavy atom. The summed E-state index contributed by atoms with van der Waals surface area (Å²) < 4.78 is 26.4. The minimum absolute atomic E-state index is 0.267. The molecule has 0 spiro atoms. The van der Waals surface area contributed by atoms with Crippen LogP contribution < -0.4 is 0 Å². The molecule has 0 aromatic heterocycles. The molecule has 1 N–H and O–H groups in total. The first-order valence-electron chi connectivity index (χ1n) is 5.58. The van der Waals surface area contributed by atoms with E-state index in [0.29, 0.717) is 11.6 Å². The van der Waals surface area contributed by atoms with Crippen molar-refractivity contribution in [3.8, 4) is 0 Å². The molecule has 0 saturated carbocycles. The van der Waals surface area contributed by atoms with Gasteiger partial charge in [-0.15, -0.1) is 4.89 Å². The Kier molecular flexibility index (Phi) is 4.91. The zero-order valence-electron chi connectivity index (χ0n) is 10.4. The van der Waals surface area contributed by atoms with Gasteiger partial charge < -0.3 is 9.05 Å². The monoisotopic (exact) mass is 323 g/mol. The maximum Gasteiger partial charge on any atom is 0.702 e. The summed E-state index contributed by atoms with van der Waals surface area (Å²) >= 11 is 5.86. The van der Waals surface area contributed by atoms with Gasteiger partial charge in [0.25, 0.3) is 0 Å². The lowest BCUT2D eigenvalue weighted by Crippen LogP contribution is -2.32. The summed E-state index contributed by atoms with van der Waals surface area (Å²) in [6, 6.07) is 7.29. The second-order valence-electron chi connectivity index (χ2n) is 4.84. The SMILES string of the molecule is CC1(C)COP(O[P+](=O)O)OC1c1ccc(Cl)cc1. The van der Waals surface area contributed by atoms with Crippen molar-refractivity contribution in [1.82, 2.24) is 0 Å². The highest BCUT2D eigenvalue weighted by atomic mass is 35.5. The molecule has 1 saturated heterocycles. The highest BCUT2D eigenvalue weighted by Gasteiger charge is 2.44. The molecular weight excluding hydrogens is 310 g/mol. The van der Waals surface area contributed by atoms with Gasteiger partial charge in [0.2, 0.25) is 0 Å². The molecule has 1 aromatic carbocycles. The van der Waals surface area contributed by atoms with E-state index < -0.39 is 16.9 Å². The average Bonchev–Trinajstić information content (AvgIpc) is 2.32. The topological polar surface area (TPSA) is 65.0 Å². The molecule has 0 bridgehead atoms. The number of halogens is 1. The van der Waals surface area contributed by atoms with Crippen LogP contribution in [0.3, 0.4) is 0 Å². The Hall–Kier alpha value is -0.120. The van der Waals surface area contributed by atoms with Crippen LogP contribution in [0.2, 0.25) is 5.02 Å². The molecule has 2 rings (SSSR count). The Balaban J connectivity index is 2.19. The van der Waals surface area contributed by atoms with Crippen LogP contribution in [0.25, 0.3) is 0 Å². The second-order valence-corrected chi connectivity index (χ2v) is 7.32. The van der Waals surface area contributed by atoms with Gasteiger partial charge in [-0.2, -0.15) is 0 Å². The van der Waals surface area contributed by atoms with Crippen LogP contribution in [-0.2, 0) is 17.9 Å². The molecule has 3 unspecified atom stereocenters. The third-order valence-corrected chi connectivity index (χ3v) is 4.82. The summed E-state index contributed by atoms with van der Waals surface area (Å²) in [6.07, 6.45) is -0.278. The molecule has 19 heavy (non-hydrogen) atoms. The predicted octanol–water partition coefficient (Wildman–Crippen LogP) is 4.35. The van der Waals surface area contributed by atoms with E-state index in [9.17, 15) is 4.57 Å². The molecule has 8 heteroatoms. The molecule has 104 valence electrons. The number of rotatable bonds is 3.